The van der Waals surface area contributed by atoms with Crippen molar-refractivity contribution in [3.63, 3.8) is 0 Å². The van der Waals surface area contributed by atoms with Crippen molar-refractivity contribution in [2.24, 2.45) is 0 Å². The molecule has 0 unspecified atom stereocenters. The summed E-state index contributed by atoms with van der Waals surface area (Å²) in [6.45, 7) is 0.856. The Hall–Kier alpha value is -1.28. The summed E-state index contributed by atoms with van der Waals surface area (Å²) >= 11 is 0. The van der Waals surface area contributed by atoms with E-state index < -0.39 is 0 Å². The lowest BCUT2D eigenvalue weighted by atomic mass is 10.1. The third kappa shape index (κ3) is 0.917. The van der Waals surface area contributed by atoms with Crippen LogP contribution >= 0.6 is 0 Å². The summed E-state index contributed by atoms with van der Waals surface area (Å²) in [4.78, 5) is 3.17. The van der Waals surface area contributed by atoms with Crippen LogP contribution in [-0.4, -0.2) is 4.98 Å². The van der Waals surface area contributed by atoms with Gasteiger partial charge in [-0.3, -0.25) is 0 Å². The number of fused-ring (bicyclic) bond motifs is 1. The molecule has 0 aliphatic heterocycles. The van der Waals surface area contributed by atoms with Crippen molar-refractivity contribution in [1.29, 1.82) is 0 Å². The number of rotatable bonds is 1. The van der Waals surface area contributed by atoms with Gasteiger partial charge in [-0.2, -0.15) is 0 Å². The summed E-state index contributed by atoms with van der Waals surface area (Å²) in [6, 6.07) is 8.34. The standard InChI is InChI=1S/C9H10N2/c10-6-7-2-1-3-9-8(7)4-5-11-9/h1-5,11H,6,10H2/p+1. The van der Waals surface area contributed by atoms with Gasteiger partial charge in [-0.15, -0.1) is 0 Å². The highest BCUT2D eigenvalue weighted by Gasteiger charge is 1.98. The van der Waals surface area contributed by atoms with E-state index in [1.54, 1.807) is 0 Å². The Morgan fingerprint density at radius 3 is 3.00 bits per heavy atom. The van der Waals surface area contributed by atoms with E-state index in [9.17, 15) is 0 Å². The Bertz CT molecular complexity index is 362. The summed E-state index contributed by atoms with van der Waals surface area (Å²) in [5, 5.41) is 1.29. The van der Waals surface area contributed by atoms with E-state index in [0.717, 1.165) is 6.54 Å². The number of quaternary nitrogens is 1. The van der Waals surface area contributed by atoms with Crippen LogP contribution in [0, 0.1) is 0 Å². The van der Waals surface area contributed by atoms with Gasteiger partial charge in [0.1, 0.15) is 6.54 Å². The molecule has 0 atom stereocenters. The average molecular weight is 147 g/mol. The van der Waals surface area contributed by atoms with Crippen LogP contribution in [0.15, 0.2) is 30.5 Å². The highest BCUT2D eigenvalue weighted by atomic mass is 14.7. The first kappa shape index (κ1) is 6.43. The lowest BCUT2D eigenvalue weighted by molar-refractivity contribution is -0.386. The van der Waals surface area contributed by atoms with Crippen molar-refractivity contribution >= 4 is 10.9 Å². The van der Waals surface area contributed by atoms with Gasteiger partial charge in [0.25, 0.3) is 0 Å². The molecule has 2 heteroatoms. The van der Waals surface area contributed by atoms with Gasteiger partial charge in [-0.05, 0) is 12.1 Å². The van der Waals surface area contributed by atoms with Crippen molar-refractivity contribution in [1.82, 2.24) is 4.98 Å². The molecule has 2 rings (SSSR count). The zero-order chi connectivity index (χ0) is 7.68. The predicted octanol–water partition coefficient (Wildman–Crippen LogP) is 0.910. The minimum absolute atomic E-state index is 0.856. The first-order valence-electron chi connectivity index (χ1n) is 3.76. The van der Waals surface area contributed by atoms with Crippen LogP contribution in [0.1, 0.15) is 5.56 Å². The largest absolute Gasteiger partial charge is 0.361 e. The summed E-state index contributed by atoms with van der Waals surface area (Å²) < 4.78 is 0. The van der Waals surface area contributed by atoms with Crippen LogP contribution in [0.4, 0.5) is 0 Å². The Balaban J connectivity index is 2.79. The maximum absolute atomic E-state index is 3.87. The maximum Gasteiger partial charge on any atom is 0.100 e. The van der Waals surface area contributed by atoms with E-state index in [0.29, 0.717) is 0 Å². The van der Waals surface area contributed by atoms with Gasteiger partial charge < -0.3 is 10.7 Å². The number of H-pyrrole nitrogens is 1. The van der Waals surface area contributed by atoms with E-state index >= 15 is 0 Å². The monoisotopic (exact) mass is 147 g/mol. The van der Waals surface area contributed by atoms with Crippen LogP contribution in [0.3, 0.4) is 0 Å². The predicted molar refractivity (Wildman–Crippen MR) is 44.9 cm³/mol. The van der Waals surface area contributed by atoms with Crippen LogP contribution in [0.2, 0.25) is 0 Å². The van der Waals surface area contributed by atoms with Crippen molar-refractivity contribution < 1.29 is 5.73 Å². The second-order valence-electron chi connectivity index (χ2n) is 2.61. The Morgan fingerprint density at radius 2 is 2.18 bits per heavy atom. The van der Waals surface area contributed by atoms with Gasteiger partial charge in [0.05, 0.1) is 0 Å². The first-order chi connectivity index (χ1) is 5.42. The highest BCUT2D eigenvalue weighted by molar-refractivity contribution is 5.82. The second kappa shape index (κ2) is 2.40. The molecule has 0 saturated carbocycles. The number of nitrogens with one attached hydrogen (secondary N) is 1. The van der Waals surface area contributed by atoms with Gasteiger partial charge in [-0.1, -0.05) is 12.1 Å². The average Bonchev–Trinajstić information content (AvgIpc) is 2.50. The molecule has 56 valence electrons. The fraction of sp³-hybridized carbons (Fsp3) is 0.111. The van der Waals surface area contributed by atoms with Crippen LogP contribution < -0.4 is 5.73 Å². The molecule has 2 nitrogen and oxygen atoms in total. The molecule has 1 aromatic carbocycles. The highest BCUT2D eigenvalue weighted by Crippen LogP contribution is 2.15. The van der Waals surface area contributed by atoms with E-state index in [1.165, 1.54) is 16.5 Å². The Morgan fingerprint density at radius 1 is 1.27 bits per heavy atom. The Kier molecular flexibility index (Phi) is 1.40. The third-order valence-electron chi connectivity index (χ3n) is 1.95. The van der Waals surface area contributed by atoms with Crippen molar-refractivity contribution in [2.75, 3.05) is 0 Å². The lowest BCUT2D eigenvalue weighted by Gasteiger charge is -1.94. The Labute approximate surface area is 65.0 Å². The van der Waals surface area contributed by atoms with Crippen molar-refractivity contribution in [3.8, 4) is 0 Å². The summed E-state index contributed by atoms with van der Waals surface area (Å²) in [6.07, 6.45) is 1.96. The van der Waals surface area contributed by atoms with Gasteiger partial charge in [0, 0.05) is 22.7 Å². The van der Waals surface area contributed by atoms with Crippen molar-refractivity contribution in [2.45, 2.75) is 6.54 Å². The van der Waals surface area contributed by atoms with E-state index in [-0.39, 0.29) is 0 Å². The molecule has 0 amide bonds. The number of hydrogen-bond acceptors (Lipinski definition) is 0. The van der Waals surface area contributed by atoms with Crippen LogP contribution in [0.25, 0.3) is 10.9 Å². The second-order valence-corrected chi connectivity index (χ2v) is 2.61. The van der Waals surface area contributed by atoms with E-state index in [4.69, 9.17) is 0 Å². The minimum atomic E-state index is 0.856. The molecular weight excluding hydrogens is 136 g/mol. The number of aromatic nitrogens is 1. The molecule has 0 fully saturated rings. The smallest absolute Gasteiger partial charge is 0.100 e. The van der Waals surface area contributed by atoms with E-state index in [2.05, 4.69) is 35.0 Å². The molecule has 0 aliphatic rings. The normalized spacial score (nSPS) is 10.6. The minimum Gasteiger partial charge on any atom is -0.361 e. The molecular formula is C9H11N2+. The third-order valence-corrected chi connectivity index (χ3v) is 1.95. The fourth-order valence-corrected chi connectivity index (χ4v) is 1.37. The molecule has 2 aromatic rings. The number of benzene rings is 1. The molecule has 1 aromatic heterocycles. The summed E-state index contributed by atoms with van der Waals surface area (Å²) in [7, 11) is 0. The zero-order valence-electron chi connectivity index (χ0n) is 6.30. The number of aromatic amines is 1. The summed E-state index contributed by atoms with van der Waals surface area (Å²) in [5.41, 5.74) is 6.38. The molecule has 0 bridgehead atoms. The SMILES string of the molecule is [NH3+]Cc1cccc2[nH]ccc12. The molecule has 11 heavy (non-hydrogen) atoms. The summed E-state index contributed by atoms with van der Waals surface area (Å²) in [5.74, 6) is 0. The van der Waals surface area contributed by atoms with E-state index in [1.807, 2.05) is 6.20 Å². The van der Waals surface area contributed by atoms with Gasteiger partial charge >= 0.3 is 0 Å². The maximum atomic E-state index is 3.87. The van der Waals surface area contributed by atoms with Crippen LogP contribution in [0.5, 0.6) is 0 Å². The number of hydrogen-bond donors (Lipinski definition) is 2. The van der Waals surface area contributed by atoms with Crippen molar-refractivity contribution in [3.05, 3.63) is 36.0 Å². The quantitative estimate of drug-likeness (QED) is 0.602. The van der Waals surface area contributed by atoms with Gasteiger partial charge in [0.2, 0.25) is 0 Å². The molecule has 0 radical (unpaired) electrons. The van der Waals surface area contributed by atoms with Gasteiger partial charge in [-0.25, -0.2) is 0 Å². The molecule has 0 saturated heterocycles. The topological polar surface area (TPSA) is 43.4 Å². The van der Waals surface area contributed by atoms with Gasteiger partial charge in [0.15, 0.2) is 0 Å². The van der Waals surface area contributed by atoms with Crippen LogP contribution in [-0.2, 0) is 6.54 Å². The molecule has 0 spiro atoms. The molecule has 1 heterocycles. The lowest BCUT2D eigenvalue weighted by Crippen LogP contribution is -2.47. The fourth-order valence-electron chi connectivity index (χ4n) is 1.37. The molecule has 4 N–H and O–H groups in total. The molecule has 0 aliphatic carbocycles. The first-order valence-corrected chi connectivity index (χ1v) is 3.76. The zero-order valence-corrected chi connectivity index (χ0v) is 6.30.